The van der Waals surface area contributed by atoms with Crippen molar-refractivity contribution in [1.29, 1.82) is 0 Å². The van der Waals surface area contributed by atoms with Gasteiger partial charge in [0.2, 0.25) is 0 Å². The molecule has 9 heteroatoms. The van der Waals surface area contributed by atoms with Crippen molar-refractivity contribution in [3.63, 3.8) is 0 Å². The summed E-state index contributed by atoms with van der Waals surface area (Å²) in [5.41, 5.74) is 1.85. The van der Waals surface area contributed by atoms with Crippen LogP contribution in [0.25, 0.3) is 6.08 Å². The lowest BCUT2D eigenvalue weighted by Crippen LogP contribution is -2.64. The molecule has 3 amide bonds. The van der Waals surface area contributed by atoms with Crippen LogP contribution in [0, 0.1) is 6.92 Å². The van der Waals surface area contributed by atoms with Crippen LogP contribution < -0.4 is 10.6 Å². The first-order valence-electron chi connectivity index (χ1n) is 7.98. The second-order valence-electron chi connectivity index (χ2n) is 5.96. The Balaban J connectivity index is 1.89. The molecule has 6 N–H and O–H groups in total. The van der Waals surface area contributed by atoms with Gasteiger partial charge in [-0.15, -0.1) is 0 Å². The lowest BCUT2D eigenvalue weighted by molar-refractivity contribution is -0.233. The average Bonchev–Trinajstić information content (AvgIpc) is 2.61. The lowest BCUT2D eigenvalue weighted by atomic mass is 9.98. The van der Waals surface area contributed by atoms with Crippen LogP contribution in [-0.2, 0) is 9.53 Å². The van der Waals surface area contributed by atoms with E-state index in [1.807, 2.05) is 36.5 Å². The highest BCUT2D eigenvalue weighted by atomic mass is 16.6. The highest BCUT2D eigenvalue weighted by Crippen LogP contribution is 2.19. The molecule has 0 aromatic heterocycles. The number of carbonyl (C=O) groups excluding carboxylic acids is 2. The molecule has 1 aliphatic heterocycles. The number of nitrogens with one attached hydrogen (secondary N) is 2. The third-order valence-corrected chi connectivity index (χ3v) is 3.91. The molecule has 0 radical (unpaired) electrons. The van der Waals surface area contributed by atoms with E-state index in [1.54, 1.807) is 0 Å². The number of aliphatic hydroxyl groups is 4. The molecular formula is C17H22N2O7. The first-order chi connectivity index (χ1) is 12.3. The number of ether oxygens (including phenoxy) is 1. The molecule has 1 aromatic rings. The Hall–Kier alpha value is -2.30. The molecule has 0 bridgehead atoms. The molecule has 1 aromatic carbocycles. The molecule has 9 nitrogen and oxygen atoms in total. The smallest absolute Gasteiger partial charge is 0.323 e. The van der Waals surface area contributed by atoms with Crippen LogP contribution in [0.2, 0.25) is 0 Å². The fourth-order valence-electron chi connectivity index (χ4n) is 2.39. The molecule has 5 atom stereocenters. The molecule has 1 heterocycles. The quantitative estimate of drug-likeness (QED) is 0.360. The first-order valence-corrected chi connectivity index (χ1v) is 7.98. The second kappa shape index (κ2) is 8.88. The predicted molar refractivity (Wildman–Crippen MR) is 90.7 cm³/mol. The minimum absolute atomic E-state index is 0.622. The molecule has 0 spiro atoms. The maximum absolute atomic E-state index is 11.8. The van der Waals surface area contributed by atoms with Gasteiger partial charge in [0, 0.05) is 6.08 Å². The van der Waals surface area contributed by atoms with Crippen molar-refractivity contribution in [3.8, 4) is 0 Å². The van der Waals surface area contributed by atoms with Crippen LogP contribution in [0.5, 0.6) is 0 Å². The van der Waals surface area contributed by atoms with Gasteiger partial charge >= 0.3 is 6.03 Å². The van der Waals surface area contributed by atoms with Gasteiger partial charge in [-0.25, -0.2) is 4.79 Å². The average molecular weight is 366 g/mol. The molecule has 1 aliphatic rings. The Labute approximate surface area is 149 Å². The molecule has 0 unspecified atom stereocenters. The van der Waals surface area contributed by atoms with Crippen LogP contribution in [0.4, 0.5) is 4.79 Å². The van der Waals surface area contributed by atoms with Gasteiger partial charge in [-0.3, -0.25) is 10.1 Å². The molecule has 142 valence electrons. The number of imide groups is 1. The number of benzene rings is 1. The third kappa shape index (κ3) is 5.10. The van der Waals surface area contributed by atoms with Gasteiger partial charge in [-0.2, -0.15) is 0 Å². The van der Waals surface area contributed by atoms with Crippen molar-refractivity contribution >= 4 is 18.0 Å². The van der Waals surface area contributed by atoms with E-state index in [9.17, 15) is 24.9 Å². The number of carbonyl (C=O) groups is 2. The van der Waals surface area contributed by atoms with Crippen molar-refractivity contribution in [1.82, 2.24) is 10.6 Å². The van der Waals surface area contributed by atoms with E-state index in [2.05, 4.69) is 5.32 Å². The van der Waals surface area contributed by atoms with Crippen molar-refractivity contribution in [2.24, 2.45) is 0 Å². The van der Waals surface area contributed by atoms with Crippen LogP contribution >= 0.6 is 0 Å². The van der Waals surface area contributed by atoms with Crippen molar-refractivity contribution < 1.29 is 34.8 Å². The fourth-order valence-corrected chi connectivity index (χ4v) is 2.39. The van der Waals surface area contributed by atoms with E-state index >= 15 is 0 Å². The summed E-state index contributed by atoms with van der Waals surface area (Å²) in [7, 11) is 0. The number of rotatable bonds is 4. The SMILES string of the molecule is Cc1ccc(/C=C/C(=O)NC(=O)N[C@@H]2O[C@H](CO)[C@@H](O)[C@H](O)[C@H]2O)cc1. The number of urea groups is 1. The number of aryl methyl sites for hydroxylation is 1. The van der Waals surface area contributed by atoms with Gasteiger partial charge in [-0.05, 0) is 18.6 Å². The molecule has 0 aliphatic carbocycles. The van der Waals surface area contributed by atoms with Crippen molar-refractivity contribution in [3.05, 3.63) is 41.5 Å². The zero-order chi connectivity index (χ0) is 19.3. The van der Waals surface area contributed by atoms with Gasteiger partial charge in [0.05, 0.1) is 6.61 Å². The van der Waals surface area contributed by atoms with Crippen LogP contribution in [0.15, 0.2) is 30.3 Å². The summed E-state index contributed by atoms with van der Waals surface area (Å²) in [6.07, 6.45) is -4.65. The van der Waals surface area contributed by atoms with Crippen LogP contribution in [0.1, 0.15) is 11.1 Å². The first kappa shape index (κ1) is 20.0. The molecule has 26 heavy (non-hydrogen) atoms. The van der Waals surface area contributed by atoms with Crippen molar-refractivity contribution in [2.45, 2.75) is 37.6 Å². The van der Waals surface area contributed by atoms with E-state index in [4.69, 9.17) is 9.84 Å². The highest BCUT2D eigenvalue weighted by molar-refractivity contribution is 6.02. The zero-order valence-corrected chi connectivity index (χ0v) is 14.1. The monoisotopic (exact) mass is 366 g/mol. The molecule has 1 saturated heterocycles. The summed E-state index contributed by atoms with van der Waals surface area (Å²) in [5.74, 6) is -0.701. The number of amides is 3. The van der Waals surface area contributed by atoms with E-state index in [1.165, 1.54) is 6.08 Å². The minimum atomic E-state index is -1.63. The third-order valence-electron chi connectivity index (χ3n) is 3.91. The summed E-state index contributed by atoms with van der Waals surface area (Å²) >= 11 is 0. The molecular weight excluding hydrogens is 344 g/mol. The van der Waals surface area contributed by atoms with Gasteiger partial charge in [-0.1, -0.05) is 29.8 Å². The maximum Gasteiger partial charge on any atom is 0.323 e. The summed E-state index contributed by atoms with van der Waals surface area (Å²) in [6, 6.07) is 6.42. The Morgan fingerprint density at radius 2 is 1.77 bits per heavy atom. The fraction of sp³-hybridized carbons (Fsp3) is 0.412. The Bertz CT molecular complexity index is 660. The van der Waals surface area contributed by atoms with E-state index in [0.717, 1.165) is 17.2 Å². The second-order valence-corrected chi connectivity index (χ2v) is 5.96. The number of hydrogen-bond donors (Lipinski definition) is 6. The number of aliphatic hydroxyl groups excluding tert-OH is 4. The predicted octanol–water partition coefficient (Wildman–Crippen LogP) is -1.37. The number of hydrogen-bond acceptors (Lipinski definition) is 7. The van der Waals surface area contributed by atoms with Gasteiger partial charge in [0.1, 0.15) is 24.4 Å². The Morgan fingerprint density at radius 1 is 1.12 bits per heavy atom. The van der Waals surface area contributed by atoms with Crippen LogP contribution in [-0.4, -0.2) is 69.6 Å². The van der Waals surface area contributed by atoms with Gasteiger partial charge in [0.15, 0.2) is 6.23 Å². The Kier molecular flexibility index (Phi) is 6.83. The lowest BCUT2D eigenvalue weighted by Gasteiger charge is -2.39. The molecule has 2 rings (SSSR count). The normalized spacial score (nSPS) is 28.7. The van der Waals surface area contributed by atoms with E-state index in [-0.39, 0.29) is 0 Å². The van der Waals surface area contributed by atoms with Crippen molar-refractivity contribution in [2.75, 3.05) is 6.61 Å². The van der Waals surface area contributed by atoms with E-state index < -0.39 is 49.2 Å². The summed E-state index contributed by atoms with van der Waals surface area (Å²) in [6.45, 7) is 1.31. The molecule has 1 fully saturated rings. The summed E-state index contributed by atoms with van der Waals surface area (Å²) in [4.78, 5) is 23.6. The topological polar surface area (TPSA) is 148 Å². The minimum Gasteiger partial charge on any atom is -0.394 e. The van der Waals surface area contributed by atoms with Crippen LogP contribution in [0.3, 0.4) is 0 Å². The largest absolute Gasteiger partial charge is 0.394 e. The Morgan fingerprint density at radius 3 is 2.38 bits per heavy atom. The van der Waals surface area contributed by atoms with Gasteiger partial charge in [0.25, 0.3) is 5.91 Å². The zero-order valence-electron chi connectivity index (χ0n) is 14.1. The van der Waals surface area contributed by atoms with E-state index in [0.29, 0.717) is 0 Å². The molecule has 0 saturated carbocycles. The summed E-state index contributed by atoms with van der Waals surface area (Å²) < 4.78 is 5.11. The summed E-state index contributed by atoms with van der Waals surface area (Å²) in [5, 5.41) is 42.4. The standard InChI is InChI=1S/C17H22N2O7/c1-9-2-4-10(5-3-9)6-7-12(21)18-17(25)19-16-15(24)14(23)13(22)11(8-20)26-16/h2-7,11,13-16,20,22-24H,8H2,1H3,(H2,18,19,21,25)/b7-6+/t11-,13-,14+,15-,16-/m1/s1. The highest BCUT2D eigenvalue weighted by Gasteiger charge is 2.44. The van der Waals surface area contributed by atoms with Gasteiger partial charge < -0.3 is 30.5 Å². The maximum atomic E-state index is 11.8.